The number of carboxylic acid groups (broad SMARTS) is 1. The van der Waals surface area contributed by atoms with E-state index in [1.165, 1.54) is 35.5 Å². The number of hydrogen-bond donors (Lipinski definition) is 2. The van der Waals surface area contributed by atoms with Crippen LogP contribution in [0.2, 0.25) is 5.02 Å². The average molecular weight is 503 g/mol. The molecular weight excluding hydrogens is 476 g/mol. The van der Waals surface area contributed by atoms with E-state index in [9.17, 15) is 9.59 Å². The van der Waals surface area contributed by atoms with E-state index in [-0.39, 0.29) is 27.9 Å². The van der Waals surface area contributed by atoms with Crippen LogP contribution >= 0.6 is 23.4 Å². The number of amides is 1. The monoisotopic (exact) mass is 502 g/mol. The molecule has 0 saturated heterocycles. The molecule has 10 heteroatoms. The Morgan fingerprint density at radius 3 is 2.65 bits per heavy atom. The highest BCUT2D eigenvalue weighted by Crippen LogP contribution is 2.25. The number of halogens is 1. The summed E-state index contributed by atoms with van der Waals surface area (Å²) < 4.78 is 7.33. The number of carboxylic acids is 1. The number of carbonyl (C=O) groups is 2. The fourth-order valence-electron chi connectivity index (χ4n) is 3.55. The molecule has 0 aliphatic carbocycles. The van der Waals surface area contributed by atoms with Crippen molar-refractivity contribution in [1.29, 1.82) is 0 Å². The van der Waals surface area contributed by atoms with Gasteiger partial charge in [0.25, 0.3) is 0 Å². The topological polar surface area (TPSA) is 106 Å². The lowest BCUT2D eigenvalue weighted by atomic mass is 10.0. The van der Waals surface area contributed by atoms with Gasteiger partial charge in [-0.1, -0.05) is 35.5 Å². The van der Waals surface area contributed by atoms with Crippen molar-refractivity contribution in [2.24, 2.45) is 0 Å². The summed E-state index contributed by atoms with van der Waals surface area (Å²) in [6.45, 7) is 4.74. The smallest absolute Gasteiger partial charge is 0.335 e. The molecule has 2 aromatic carbocycles. The quantitative estimate of drug-likeness (QED) is 0.360. The number of aryl methyl sites for hydroxylation is 3. The van der Waals surface area contributed by atoms with Gasteiger partial charge in [0.1, 0.15) is 11.6 Å². The first kappa shape index (κ1) is 25.6. The van der Waals surface area contributed by atoms with Gasteiger partial charge >= 0.3 is 5.97 Å². The maximum Gasteiger partial charge on any atom is 0.335 e. The van der Waals surface area contributed by atoms with E-state index in [2.05, 4.69) is 27.6 Å². The first-order valence-corrected chi connectivity index (χ1v) is 12.2. The summed E-state index contributed by atoms with van der Waals surface area (Å²) in [5.74, 6) is 0.463. The second kappa shape index (κ2) is 11.9. The molecule has 0 atom stereocenters. The molecule has 1 amide bonds. The molecule has 0 bridgehead atoms. The number of aromatic nitrogens is 3. The third-order valence-electron chi connectivity index (χ3n) is 5.25. The van der Waals surface area contributed by atoms with Crippen LogP contribution in [0.1, 0.15) is 40.7 Å². The number of hydrogen-bond acceptors (Lipinski definition) is 6. The highest BCUT2D eigenvalue weighted by Gasteiger charge is 2.15. The van der Waals surface area contributed by atoms with Crippen molar-refractivity contribution in [3.63, 3.8) is 0 Å². The second-order valence-corrected chi connectivity index (χ2v) is 8.99. The van der Waals surface area contributed by atoms with Crippen LogP contribution in [-0.2, 0) is 24.2 Å². The van der Waals surface area contributed by atoms with E-state index in [4.69, 9.17) is 21.4 Å². The normalized spacial score (nSPS) is 10.8. The lowest BCUT2D eigenvalue weighted by Crippen LogP contribution is -2.15. The molecule has 0 aliphatic rings. The molecule has 3 aromatic rings. The van der Waals surface area contributed by atoms with E-state index in [1.54, 1.807) is 7.11 Å². The molecule has 1 aromatic heterocycles. The second-order valence-electron chi connectivity index (χ2n) is 7.64. The Morgan fingerprint density at radius 2 is 1.97 bits per heavy atom. The maximum atomic E-state index is 12.4. The number of carbonyl (C=O) groups excluding carboxylic acids is 1. The summed E-state index contributed by atoms with van der Waals surface area (Å²) >= 11 is 7.36. The van der Waals surface area contributed by atoms with Crippen molar-refractivity contribution in [3.05, 3.63) is 63.9 Å². The summed E-state index contributed by atoms with van der Waals surface area (Å²) in [5, 5.41) is 21.3. The molecule has 0 fully saturated rings. The Labute approximate surface area is 207 Å². The van der Waals surface area contributed by atoms with Crippen LogP contribution in [0.15, 0.2) is 41.6 Å². The molecule has 0 unspecified atom stereocenters. The number of nitrogens with zero attached hydrogens (tertiary/aromatic N) is 3. The molecule has 1 heterocycles. The Hall–Kier alpha value is -3.04. The highest BCUT2D eigenvalue weighted by molar-refractivity contribution is 7.99. The molecule has 3 rings (SSSR count). The first-order valence-electron chi connectivity index (χ1n) is 10.8. The molecule has 0 spiro atoms. The van der Waals surface area contributed by atoms with Crippen LogP contribution in [0.3, 0.4) is 0 Å². The zero-order valence-corrected chi connectivity index (χ0v) is 20.9. The van der Waals surface area contributed by atoms with Crippen molar-refractivity contribution >= 4 is 40.9 Å². The predicted molar refractivity (Wildman–Crippen MR) is 133 cm³/mol. The van der Waals surface area contributed by atoms with Gasteiger partial charge in [0.05, 0.1) is 29.1 Å². The van der Waals surface area contributed by atoms with Gasteiger partial charge in [0, 0.05) is 13.0 Å². The number of nitrogens with one attached hydrogen (secondary N) is 1. The number of rotatable bonds is 11. The molecule has 34 heavy (non-hydrogen) atoms. The number of aromatic carboxylic acids is 1. The molecule has 8 nitrogen and oxygen atoms in total. The minimum atomic E-state index is -1.09. The standard InChI is InChI=1S/C24H27ClN4O4S/c1-4-29-21(7-5-6-16-8-11-20(33-3)15(2)12-16)27-28-24(29)34-14-22(30)26-19-13-17(23(31)32)9-10-18(19)25/h8-13H,4-7,14H2,1-3H3,(H,26,30)(H,31,32). The van der Waals surface area contributed by atoms with Crippen LogP contribution < -0.4 is 10.1 Å². The molecule has 0 radical (unpaired) electrons. The lowest BCUT2D eigenvalue weighted by molar-refractivity contribution is -0.113. The van der Waals surface area contributed by atoms with Crippen molar-refractivity contribution in [1.82, 2.24) is 14.8 Å². The van der Waals surface area contributed by atoms with Crippen LogP contribution in [0, 0.1) is 6.92 Å². The van der Waals surface area contributed by atoms with E-state index >= 15 is 0 Å². The summed E-state index contributed by atoms with van der Waals surface area (Å²) in [5.41, 5.74) is 2.67. The van der Waals surface area contributed by atoms with E-state index in [1.807, 2.05) is 24.5 Å². The van der Waals surface area contributed by atoms with Crippen molar-refractivity contribution in [2.75, 3.05) is 18.2 Å². The van der Waals surface area contributed by atoms with Gasteiger partial charge in [0.2, 0.25) is 5.91 Å². The summed E-state index contributed by atoms with van der Waals surface area (Å²) in [4.78, 5) is 23.6. The Balaban J connectivity index is 1.56. The number of ether oxygens (including phenoxy) is 1. The number of thioether (sulfide) groups is 1. The van der Waals surface area contributed by atoms with Crippen molar-refractivity contribution in [3.8, 4) is 5.75 Å². The number of benzene rings is 2. The van der Waals surface area contributed by atoms with E-state index in [0.29, 0.717) is 11.7 Å². The molecule has 0 saturated carbocycles. The summed E-state index contributed by atoms with van der Waals surface area (Å²) in [7, 11) is 1.67. The average Bonchev–Trinajstić information content (AvgIpc) is 3.20. The van der Waals surface area contributed by atoms with E-state index < -0.39 is 5.97 Å². The third kappa shape index (κ3) is 6.51. The Bertz CT molecular complexity index is 1180. The predicted octanol–water partition coefficient (Wildman–Crippen LogP) is 4.87. The molecule has 180 valence electrons. The summed E-state index contributed by atoms with van der Waals surface area (Å²) in [6, 6.07) is 10.4. The SMILES string of the molecule is CCn1c(CCCc2ccc(OC)c(C)c2)nnc1SCC(=O)Nc1cc(C(=O)O)ccc1Cl. The minimum Gasteiger partial charge on any atom is -0.496 e. The van der Waals surface area contributed by atoms with Crippen molar-refractivity contribution in [2.45, 2.75) is 44.8 Å². The fraction of sp³-hybridized carbons (Fsp3) is 0.333. The van der Waals surface area contributed by atoms with Gasteiger partial charge in [0.15, 0.2) is 5.16 Å². The van der Waals surface area contributed by atoms with Gasteiger partial charge in [-0.05, 0) is 62.1 Å². The van der Waals surface area contributed by atoms with Crippen LogP contribution in [0.5, 0.6) is 5.75 Å². The maximum absolute atomic E-state index is 12.4. The largest absolute Gasteiger partial charge is 0.496 e. The number of methoxy groups -OCH3 is 1. The Kier molecular flexibility index (Phi) is 8.95. The zero-order valence-electron chi connectivity index (χ0n) is 19.3. The first-order chi connectivity index (χ1) is 16.3. The fourth-order valence-corrected chi connectivity index (χ4v) is 4.53. The van der Waals surface area contributed by atoms with Gasteiger partial charge in [-0.15, -0.1) is 10.2 Å². The molecule has 0 aliphatic heterocycles. The van der Waals surface area contributed by atoms with Gasteiger partial charge in [-0.3, -0.25) is 4.79 Å². The van der Waals surface area contributed by atoms with Crippen LogP contribution in [0.25, 0.3) is 0 Å². The molecular formula is C24H27ClN4O4S. The van der Waals surface area contributed by atoms with Crippen molar-refractivity contribution < 1.29 is 19.4 Å². The van der Waals surface area contributed by atoms with E-state index in [0.717, 1.165) is 36.4 Å². The molecule has 2 N–H and O–H groups in total. The zero-order chi connectivity index (χ0) is 24.7. The summed E-state index contributed by atoms with van der Waals surface area (Å²) in [6.07, 6.45) is 2.62. The number of anilines is 1. The van der Waals surface area contributed by atoms with Gasteiger partial charge in [-0.2, -0.15) is 0 Å². The van der Waals surface area contributed by atoms with Crippen LogP contribution in [-0.4, -0.2) is 44.6 Å². The highest BCUT2D eigenvalue weighted by atomic mass is 35.5. The third-order valence-corrected chi connectivity index (χ3v) is 6.55. The minimum absolute atomic E-state index is 0.0486. The Morgan fingerprint density at radius 1 is 1.18 bits per heavy atom. The van der Waals surface area contributed by atoms with Gasteiger partial charge < -0.3 is 19.7 Å². The lowest BCUT2D eigenvalue weighted by Gasteiger charge is -2.10. The van der Waals surface area contributed by atoms with Crippen LogP contribution in [0.4, 0.5) is 5.69 Å². The van der Waals surface area contributed by atoms with Gasteiger partial charge in [-0.25, -0.2) is 4.79 Å².